The van der Waals surface area contributed by atoms with Crippen molar-refractivity contribution < 1.29 is 19.1 Å². The molecule has 170 valence electrons. The van der Waals surface area contributed by atoms with Crippen molar-refractivity contribution in [2.45, 2.75) is 37.8 Å². The summed E-state index contributed by atoms with van der Waals surface area (Å²) in [7, 11) is 0. The molecule has 1 fully saturated rings. The molecule has 1 aromatic heterocycles. The van der Waals surface area contributed by atoms with Gasteiger partial charge in [0, 0.05) is 12.4 Å². The number of Topliss-reactive ketones (excluding diaryl/α,β-unsaturated/α-hetero) is 1. The fourth-order valence-corrected chi connectivity index (χ4v) is 5.16. The number of nitrogens with zero attached hydrogens (tertiary/aromatic N) is 3. The molecule has 1 saturated carbocycles. The van der Waals surface area contributed by atoms with Crippen LogP contribution in [0.4, 0.5) is 5.95 Å². The summed E-state index contributed by atoms with van der Waals surface area (Å²) in [6, 6.07) is 17.9. The summed E-state index contributed by atoms with van der Waals surface area (Å²) in [5.41, 5.74) is 1.14. The van der Waals surface area contributed by atoms with E-state index in [9.17, 15) is 9.59 Å². The van der Waals surface area contributed by atoms with E-state index in [1.54, 1.807) is 18.5 Å². The number of amides is 1. The first-order valence-corrected chi connectivity index (χ1v) is 11.6. The predicted molar refractivity (Wildman–Crippen MR) is 124 cm³/mol. The molecule has 7 nitrogen and oxygen atoms in total. The third-order valence-electron chi connectivity index (χ3n) is 6.68. The minimum atomic E-state index is -0.681. The highest BCUT2D eigenvalue weighted by Gasteiger charge is 2.53. The molecule has 3 atom stereocenters. The fourth-order valence-electron chi connectivity index (χ4n) is 5.16. The number of hydrogen-bond donors (Lipinski definition) is 0. The van der Waals surface area contributed by atoms with Gasteiger partial charge in [-0.25, -0.2) is 9.97 Å². The standard InChI is InChI=1S/C27H23N3O4/c31-24-20-12-4-5-13-21(20)34-25-22(24)23(30(26(25)32)27-28-14-7-15-29-27)17-8-6-11-19(16-17)33-18-9-2-1-3-10-18/h1-3,6-11,14-16,20-21,23H,4-5,12-13H2. The topological polar surface area (TPSA) is 81.6 Å². The molecule has 7 heteroatoms. The molecule has 0 saturated heterocycles. The summed E-state index contributed by atoms with van der Waals surface area (Å²) in [6.45, 7) is 0. The molecule has 3 heterocycles. The van der Waals surface area contributed by atoms with E-state index in [4.69, 9.17) is 9.47 Å². The van der Waals surface area contributed by atoms with Crippen LogP contribution in [0.3, 0.4) is 0 Å². The average molecular weight is 453 g/mol. The number of para-hydroxylation sites is 1. The number of rotatable bonds is 4. The van der Waals surface area contributed by atoms with Gasteiger partial charge in [-0.15, -0.1) is 0 Å². The lowest BCUT2D eigenvalue weighted by molar-refractivity contribution is -0.131. The molecule has 3 aliphatic rings. The third-order valence-corrected chi connectivity index (χ3v) is 6.68. The Morgan fingerprint density at radius 1 is 0.882 bits per heavy atom. The minimum Gasteiger partial charge on any atom is -0.483 e. The number of carbonyl (C=O) groups excluding carboxylic acids is 2. The van der Waals surface area contributed by atoms with E-state index in [0.717, 1.165) is 31.2 Å². The average Bonchev–Trinajstić information content (AvgIpc) is 3.18. The van der Waals surface area contributed by atoms with Gasteiger partial charge >= 0.3 is 0 Å². The van der Waals surface area contributed by atoms with Gasteiger partial charge in [-0.3, -0.25) is 14.5 Å². The van der Waals surface area contributed by atoms with Gasteiger partial charge in [0.25, 0.3) is 5.91 Å². The number of carbonyl (C=O) groups is 2. The third kappa shape index (κ3) is 3.44. The van der Waals surface area contributed by atoms with E-state index in [0.29, 0.717) is 17.1 Å². The van der Waals surface area contributed by atoms with Crippen molar-refractivity contribution in [1.82, 2.24) is 9.97 Å². The van der Waals surface area contributed by atoms with Crippen molar-refractivity contribution >= 4 is 17.6 Å². The zero-order valence-corrected chi connectivity index (χ0v) is 18.5. The fraction of sp³-hybridized carbons (Fsp3) is 0.259. The second-order valence-corrected chi connectivity index (χ2v) is 8.77. The summed E-state index contributed by atoms with van der Waals surface area (Å²) in [5, 5.41) is 0. The Hall–Kier alpha value is -4.00. The number of benzene rings is 2. The Labute approximate surface area is 197 Å². The molecule has 1 aliphatic carbocycles. The summed E-state index contributed by atoms with van der Waals surface area (Å²) in [6.07, 6.45) is 6.48. The zero-order chi connectivity index (χ0) is 23.1. The Balaban J connectivity index is 1.45. The zero-order valence-electron chi connectivity index (χ0n) is 18.5. The minimum absolute atomic E-state index is 0.00267. The first-order valence-electron chi connectivity index (χ1n) is 11.6. The van der Waals surface area contributed by atoms with Crippen LogP contribution in [0.25, 0.3) is 0 Å². The van der Waals surface area contributed by atoms with E-state index in [2.05, 4.69) is 9.97 Å². The van der Waals surface area contributed by atoms with Crippen LogP contribution in [0.5, 0.6) is 11.5 Å². The Bertz CT molecular complexity index is 1280. The van der Waals surface area contributed by atoms with Gasteiger partial charge in [0.05, 0.1) is 17.5 Å². The van der Waals surface area contributed by atoms with Crippen molar-refractivity contribution in [3.8, 4) is 11.5 Å². The van der Waals surface area contributed by atoms with Crippen LogP contribution in [0, 0.1) is 5.92 Å². The SMILES string of the molecule is O=C1C2=C(OC3CCCCC13)C(=O)N(c1ncccn1)C2c1cccc(Oc2ccccc2)c1. The van der Waals surface area contributed by atoms with E-state index < -0.39 is 6.04 Å². The van der Waals surface area contributed by atoms with Crippen molar-refractivity contribution in [3.63, 3.8) is 0 Å². The largest absolute Gasteiger partial charge is 0.483 e. The number of anilines is 1. The molecular formula is C27H23N3O4. The van der Waals surface area contributed by atoms with Crippen molar-refractivity contribution in [1.29, 1.82) is 0 Å². The first kappa shape index (κ1) is 20.6. The second-order valence-electron chi connectivity index (χ2n) is 8.77. The highest BCUT2D eigenvalue weighted by molar-refractivity contribution is 6.17. The lowest BCUT2D eigenvalue weighted by Crippen LogP contribution is -2.39. The molecule has 6 rings (SSSR count). The summed E-state index contributed by atoms with van der Waals surface area (Å²) in [5.74, 6) is 1.09. The van der Waals surface area contributed by atoms with E-state index in [1.165, 1.54) is 4.90 Å². The highest BCUT2D eigenvalue weighted by atomic mass is 16.5. The monoisotopic (exact) mass is 453 g/mol. The molecule has 0 spiro atoms. The number of aromatic nitrogens is 2. The molecule has 1 amide bonds. The van der Waals surface area contributed by atoms with Crippen LogP contribution in [-0.2, 0) is 14.3 Å². The van der Waals surface area contributed by atoms with Crippen molar-refractivity contribution in [3.05, 3.63) is 90.0 Å². The van der Waals surface area contributed by atoms with E-state index in [-0.39, 0.29) is 35.4 Å². The Kier molecular flexibility index (Phi) is 5.09. The molecule has 0 bridgehead atoms. The van der Waals surface area contributed by atoms with E-state index in [1.807, 2.05) is 54.6 Å². The lowest BCUT2D eigenvalue weighted by atomic mass is 9.77. The Morgan fingerprint density at radius 3 is 2.47 bits per heavy atom. The van der Waals surface area contributed by atoms with Gasteiger partial charge in [0.2, 0.25) is 5.95 Å². The lowest BCUT2D eigenvalue weighted by Gasteiger charge is -2.35. The van der Waals surface area contributed by atoms with Gasteiger partial charge in [-0.2, -0.15) is 0 Å². The second kappa shape index (κ2) is 8.41. The van der Waals surface area contributed by atoms with Gasteiger partial charge in [0.15, 0.2) is 11.5 Å². The number of ether oxygens (including phenoxy) is 2. The normalized spacial score (nSPS) is 23.9. The van der Waals surface area contributed by atoms with Gasteiger partial charge in [0.1, 0.15) is 17.6 Å². The maximum Gasteiger partial charge on any atom is 0.297 e. The van der Waals surface area contributed by atoms with Gasteiger partial charge in [-0.05, 0) is 55.2 Å². The molecule has 2 aliphatic heterocycles. The van der Waals surface area contributed by atoms with E-state index >= 15 is 0 Å². The number of ketones is 1. The summed E-state index contributed by atoms with van der Waals surface area (Å²) in [4.78, 5) is 37.4. The molecule has 34 heavy (non-hydrogen) atoms. The van der Waals surface area contributed by atoms with Gasteiger partial charge < -0.3 is 9.47 Å². The maximum absolute atomic E-state index is 13.7. The van der Waals surface area contributed by atoms with Gasteiger partial charge in [-0.1, -0.05) is 36.8 Å². The maximum atomic E-state index is 13.7. The molecule has 3 aromatic rings. The van der Waals surface area contributed by atoms with Crippen LogP contribution in [0.15, 0.2) is 84.4 Å². The van der Waals surface area contributed by atoms with Crippen molar-refractivity contribution in [2.75, 3.05) is 4.90 Å². The van der Waals surface area contributed by atoms with Crippen molar-refractivity contribution in [2.24, 2.45) is 5.92 Å². The van der Waals surface area contributed by atoms with Crippen LogP contribution in [0.1, 0.15) is 37.3 Å². The Morgan fingerprint density at radius 2 is 1.65 bits per heavy atom. The van der Waals surface area contributed by atoms with Crippen LogP contribution in [-0.4, -0.2) is 27.8 Å². The molecule has 2 aromatic carbocycles. The highest BCUT2D eigenvalue weighted by Crippen LogP contribution is 2.48. The summed E-state index contributed by atoms with van der Waals surface area (Å²) < 4.78 is 12.2. The predicted octanol–water partition coefficient (Wildman–Crippen LogP) is 4.77. The first-order chi connectivity index (χ1) is 16.7. The quantitative estimate of drug-likeness (QED) is 0.566. The molecule has 0 radical (unpaired) electrons. The van der Waals surface area contributed by atoms with Crippen LogP contribution < -0.4 is 9.64 Å². The molecule has 0 N–H and O–H groups in total. The molecular weight excluding hydrogens is 430 g/mol. The van der Waals surface area contributed by atoms with Crippen LogP contribution >= 0.6 is 0 Å². The smallest absolute Gasteiger partial charge is 0.297 e. The summed E-state index contributed by atoms with van der Waals surface area (Å²) >= 11 is 0. The number of hydrogen-bond acceptors (Lipinski definition) is 6. The number of fused-ring (bicyclic) bond motifs is 1. The van der Waals surface area contributed by atoms with Crippen LogP contribution in [0.2, 0.25) is 0 Å². The molecule has 3 unspecified atom stereocenters.